The smallest absolute Gasteiger partial charge is 0.387 e. The Hall–Kier alpha value is -4.01. The van der Waals surface area contributed by atoms with Gasteiger partial charge in [-0.3, -0.25) is 4.79 Å². The van der Waals surface area contributed by atoms with Crippen LogP contribution in [-0.2, 0) is 15.1 Å². The van der Waals surface area contributed by atoms with E-state index in [1.54, 1.807) is 0 Å². The molecule has 2 aromatic carbocycles. The van der Waals surface area contributed by atoms with Crippen molar-refractivity contribution in [2.45, 2.75) is 44.1 Å². The number of alkyl halides is 2. The van der Waals surface area contributed by atoms with Gasteiger partial charge in [0.15, 0.2) is 34.8 Å². The fourth-order valence-corrected chi connectivity index (χ4v) is 4.79. The monoisotopic (exact) mass is 606 g/mol. The van der Waals surface area contributed by atoms with Gasteiger partial charge in [-0.15, -0.1) is 0 Å². The van der Waals surface area contributed by atoms with Crippen LogP contribution in [0.15, 0.2) is 40.8 Å². The zero-order valence-corrected chi connectivity index (χ0v) is 23.1. The normalized spacial score (nSPS) is 19.0. The number of aromatic nitrogens is 1. The van der Waals surface area contributed by atoms with Gasteiger partial charge in [0.25, 0.3) is 5.91 Å². The number of halogens is 4. The Morgan fingerprint density at radius 3 is 2.65 bits per heavy atom. The molecule has 230 valence electrons. The standard InChI is InChI=1S/C29H30F4N4O6/c1-15(34)25-24(36-27(43-25)17-4-7-21(42-28(32)33)22(10-17)41-13-16-2-3-16)26(39)37-29(14-38,23-12-35-8-9-40-23)19-6-5-18(30)11-20(19)31/h4-7,10-11,14-16,23,28,35H,2-3,8-9,12-13,34H2,1H3,(H,37,39)/t15-,23?,29?/m0/s1. The van der Waals surface area contributed by atoms with E-state index in [-0.39, 0.29) is 53.1 Å². The quantitative estimate of drug-likeness (QED) is 0.207. The lowest BCUT2D eigenvalue weighted by molar-refractivity contribution is -0.122. The lowest BCUT2D eigenvalue weighted by Crippen LogP contribution is -2.61. The molecule has 4 N–H and O–H groups in total. The van der Waals surface area contributed by atoms with Crippen LogP contribution in [0.25, 0.3) is 11.5 Å². The molecule has 1 aromatic heterocycles. The van der Waals surface area contributed by atoms with Crippen LogP contribution in [-0.4, -0.2) is 56.2 Å². The molecule has 1 saturated carbocycles. The van der Waals surface area contributed by atoms with Crippen molar-refractivity contribution in [2.75, 3.05) is 26.3 Å². The molecule has 0 spiro atoms. The zero-order chi connectivity index (χ0) is 30.7. The maximum Gasteiger partial charge on any atom is 0.387 e. The number of hydrogen-bond donors (Lipinski definition) is 3. The summed E-state index contributed by atoms with van der Waals surface area (Å²) in [6.45, 7) is -0.556. The number of oxazole rings is 1. The SMILES string of the molecule is C[C@H](N)c1oc(-c2ccc(OC(F)F)c(OCC3CC3)c2)nc1C(=O)NC(C=O)(c1ccc(F)cc1F)C1CNCCO1. The van der Waals surface area contributed by atoms with Crippen molar-refractivity contribution in [1.29, 1.82) is 0 Å². The minimum atomic E-state index is -3.08. The fourth-order valence-electron chi connectivity index (χ4n) is 4.79. The molecule has 0 bridgehead atoms. The average Bonchev–Trinajstić information content (AvgIpc) is 3.70. The molecule has 1 aliphatic heterocycles. The van der Waals surface area contributed by atoms with Gasteiger partial charge < -0.3 is 39.8 Å². The van der Waals surface area contributed by atoms with Gasteiger partial charge in [0.2, 0.25) is 5.89 Å². The minimum Gasteiger partial charge on any atom is -0.489 e. The Kier molecular flexibility index (Phi) is 8.99. The lowest BCUT2D eigenvalue weighted by atomic mass is 9.84. The number of ether oxygens (including phenoxy) is 3. The molecule has 14 heteroatoms. The van der Waals surface area contributed by atoms with Crippen LogP contribution in [0.4, 0.5) is 17.6 Å². The largest absolute Gasteiger partial charge is 0.489 e. The van der Waals surface area contributed by atoms with Gasteiger partial charge in [-0.25, -0.2) is 13.8 Å². The Labute approximate surface area is 243 Å². The van der Waals surface area contributed by atoms with E-state index in [2.05, 4.69) is 20.4 Å². The number of carbonyl (C=O) groups excluding carboxylic acids is 2. The van der Waals surface area contributed by atoms with Crippen molar-refractivity contribution in [3.05, 3.63) is 65.1 Å². The van der Waals surface area contributed by atoms with E-state index in [9.17, 15) is 22.8 Å². The third-order valence-corrected chi connectivity index (χ3v) is 7.18. The summed E-state index contributed by atoms with van der Waals surface area (Å²) in [7, 11) is 0. The van der Waals surface area contributed by atoms with E-state index in [0.717, 1.165) is 25.0 Å². The highest BCUT2D eigenvalue weighted by atomic mass is 19.3. The summed E-state index contributed by atoms with van der Waals surface area (Å²) in [4.78, 5) is 30.8. The summed E-state index contributed by atoms with van der Waals surface area (Å²) in [6, 6.07) is 5.81. The van der Waals surface area contributed by atoms with Gasteiger partial charge in [0, 0.05) is 30.3 Å². The van der Waals surface area contributed by atoms with Gasteiger partial charge in [-0.1, -0.05) is 6.07 Å². The first-order valence-electron chi connectivity index (χ1n) is 13.7. The van der Waals surface area contributed by atoms with E-state index >= 15 is 4.39 Å². The molecule has 2 fully saturated rings. The van der Waals surface area contributed by atoms with Crippen molar-refractivity contribution in [3.63, 3.8) is 0 Å². The summed E-state index contributed by atoms with van der Waals surface area (Å²) in [6.07, 6.45) is 1.19. The summed E-state index contributed by atoms with van der Waals surface area (Å²) >= 11 is 0. The number of carbonyl (C=O) groups is 2. The van der Waals surface area contributed by atoms with E-state index in [0.29, 0.717) is 31.4 Å². The zero-order valence-electron chi connectivity index (χ0n) is 23.1. The van der Waals surface area contributed by atoms with E-state index in [4.69, 9.17) is 19.6 Å². The second-order valence-corrected chi connectivity index (χ2v) is 10.4. The molecule has 1 amide bonds. The number of amides is 1. The van der Waals surface area contributed by atoms with Gasteiger partial charge in [-0.2, -0.15) is 8.78 Å². The highest BCUT2D eigenvalue weighted by molar-refractivity contribution is 5.96. The summed E-state index contributed by atoms with van der Waals surface area (Å²) in [5, 5.41) is 5.58. The molecule has 1 saturated heterocycles. The van der Waals surface area contributed by atoms with Crippen LogP contribution in [0.1, 0.15) is 47.6 Å². The molecule has 2 unspecified atom stereocenters. The van der Waals surface area contributed by atoms with Crippen LogP contribution in [0.5, 0.6) is 11.5 Å². The number of benzene rings is 2. The van der Waals surface area contributed by atoms with E-state index in [1.807, 2.05) is 0 Å². The third kappa shape index (κ3) is 6.65. The van der Waals surface area contributed by atoms with Crippen molar-refractivity contribution in [3.8, 4) is 23.0 Å². The Bertz CT molecular complexity index is 1480. The summed E-state index contributed by atoms with van der Waals surface area (Å²) in [5.41, 5.74) is 3.63. The van der Waals surface area contributed by atoms with Crippen LogP contribution in [0.2, 0.25) is 0 Å². The van der Waals surface area contributed by atoms with E-state index in [1.165, 1.54) is 25.1 Å². The second kappa shape index (κ2) is 12.7. The molecule has 3 atom stereocenters. The molecule has 1 aliphatic carbocycles. The molecule has 3 aromatic rings. The predicted octanol–water partition coefficient (Wildman–Crippen LogP) is 3.84. The first-order valence-corrected chi connectivity index (χ1v) is 13.7. The van der Waals surface area contributed by atoms with Gasteiger partial charge in [-0.05, 0) is 49.9 Å². The maximum atomic E-state index is 15.1. The predicted molar refractivity (Wildman–Crippen MR) is 144 cm³/mol. The molecule has 43 heavy (non-hydrogen) atoms. The van der Waals surface area contributed by atoms with Crippen molar-refractivity contribution in [2.24, 2.45) is 11.7 Å². The molecule has 5 rings (SSSR count). The van der Waals surface area contributed by atoms with E-state index < -0.39 is 41.8 Å². The highest BCUT2D eigenvalue weighted by Crippen LogP contribution is 2.37. The number of nitrogens with two attached hydrogens (primary N) is 1. The van der Waals surface area contributed by atoms with Gasteiger partial charge in [0.05, 0.1) is 19.3 Å². The maximum absolute atomic E-state index is 15.1. The Balaban J connectivity index is 1.51. The van der Waals surface area contributed by atoms with Gasteiger partial charge >= 0.3 is 6.61 Å². The van der Waals surface area contributed by atoms with Crippen molar-refractivity contribution in [1.82, 2.24) is 15.6 Å². The van der Waals surface area contributed by atoms with Crippen molar-refractivity contribution >= 4 is 12.2 Å². The topological polar surface area (TPSA) is 138 Å². The molecule has 2 aliphatic rings. The van der Waals surface area contributed by atoms with Crippen LogP contribution < -0.4 is 25.8 Å². The van der Waals surface area contributed by atoms with Crippen LogP contribution in [0, 0.1) is 17.6 Å². The Morgan fingerprint density at radius 2 is 2.02 bits per heavy atom. The number of hydrogen-bond acceptors (Lipinski definition) is 9. The first kappa shape index (κ1) is 30.4. The second-order valence-electron chi connectivity index (χ2n) is 10.4. The number of morpholine rings is 1. The average molecular weight is 607 g/mol. The molecule has 2 heterocycles. The van der Waals surface area contributed by atoms with Crippen molar-refractivity contribution < 1.29 is 45.8 Å². The molecular formula is C29H30F4N4O6. The first-order chi connectivity index (χ1) is 20.6. The van der Waals surface area contributed by atoms with Crippen LogP contribution >= 0.6 is 0 Å². The number of rotatable bonds is 12. The highest BCUT2D eigenvalue weighted by Gasteiger charge is 2.46. The summed E-state index contributed by atoms with van der Waals surface area (Å²) in [5.74, 6) is -2.90. The number of nitrogens with zero attached hydrogens (tertiary/aromatic N) is 1. The summed E-state index contributed by atoms with van der Waals surface area (Å²) < 4.78 is 76.7. The number of aldehydes is 1. The van der Waals surface area contributed by atoms with Gasteiger partial charge in [0.1, 0.15) is 17.7 Å². The Morgan fingerprint density at radius 1 is 1.23 bits per heavy atom. The number of nitrogens with one attached hydrogen (secondary N) is 2. The minimum absolute atomic E-state index is 0.0324. The lowest BCUT2D eigenvalue weighted by Gasteiger charge is -2.39. The third-order valence-electron chi connectivity index (χ3n) is 7.18. The van der Waals surface area contributed by atoms with Crippen LogP contribution in [0.3, 0.4) is 0 Å². The molecular weight excluding hydrogens is 576 g/mol. The fraction of sp³-hybridized carbons (Fsp3) is 0.414. The molecule has 10 nitrogen and oxygen atoms in total. The molecule has 0 radical (unpaired) electrons.